The topological polar surface area (TPSA) is 41.7 Å². The van der Waals surface area contributed by atoms with Crippen LogP contribution in [0.2, 0.25) is 0 Å². The molecule has 114 valence electrons. The number of alkyl halides is 3. The van der Waals surface area contributed by atoms with Crippen LogP contribution in [0.5, 0.6) is 0 Å². The minimum atomic E-state index is -4.96. The lowest BCUT2D eigenvalue weighted by molar-refractivity contribution is -0.138. The van der Waals surface area contributed by atoms with E-state index in [9.17, 15) is 30.7 Å². The Hall–Kier alpha value is -1.91. The van der Waals surface area contributed by atoms with Crippen molar-refractivity contribution in [2.45, 2.75) is 13.1 Å². The molecule has 0 aliphatic carbocycles. The predicted molar refractivity (Wildman–Crippen MR) is 56.9 cm³/mol. The van der Waals surface area contributed by atoms with E-state index in [1.807, 2.05) is 0 Å². The van der Waals surface area contributed by atoms with E-state index in [1.54, 1.807) is 0 Å². The molecule has 1 aromatic carbocycles. The van der Waals surface area contributed by atoms with E-state index in [0.717, 1.165) is 6.92 Å². The second kappa shape index (κ2) is 4.83. The van der Waals surface area contributed by atoms with E-state index in [1.165, 1.54) is 0 Å². The van der Waals surface area contributed by atoms with Crippen LogP contribution in [0.15, 0.2) is 0 Å². The molecule has 1 aromatic heterocycles. The molecule has 21 heavy (non-hydrogen) atoms. The van der Waals surface area contributed by atoms with E-state index in [4.69, 9.17) is 5.41 Å². The second-order valence-corrected chi connectivity index (χ2v) is 4.83. The van der Waals surface area contributed by atoms with E-state index < -0.39 is 50.5 Å². The van der Waals surface area contributed by atoms with Gasteiger partial charge in [0.05, 0.1) is 0 Å². The van der Waals surface area contributed by atoms with Crippen LogP contribution in [0.3, 0.4) is 0 Å². The fourth-order valence-electron chi connectivity index (χ4n) is 1.47. The standard InChI is InChI=1S/C10H4F7N3S/c1-2-3(11)5(13)7(6(14)4(2)12)20-9(18)21-8(19-20)10(15,16)17/h18H,1H3. The SMILES string of the molecule is Cc1c(F)c(F)c(-n2nc(C(F)(F)F)sc2=N)c(F)c1F. The van der Waals surface area contributed by atoms with Crippen LogP contribution in [0.4, 0.5) is 30.7 Å². The fourth-order valence-corrected chi connectivity index (χ4v) is 2.11. The molecule has 0 saturated heterocycles. The first-order valence-corrected chi connectivity index (χ1v) is 5.92. The molecule has 0 radical (unpaired) electrons. The van der Waals surface area contributed by atoms with Crippen molar-refractivity contribution in [3.63, 3.8) is 0 Å². The van der Waals surface area contributed by atoms with Crippen LogP contribution in [-0.4, -0.2) is 9.78 Å². The maximum atomic E-state index is 13.7. The third kappa shape index (κ3) is 2.41. The molecular formula is C10H4F7N3S. The van der Waals surface area contributed by atoms with Gasteiger partial charge >= 0.3 is 6.18 Å². The minimum Gasteiger partial charge on any atom is -0.273 e. The number of hydrogen-bond donors (Lipinski definition) is 1. The molecule has 0 bridgehead atoms. The molecular weight excluding hydrogens is 327 g/mol. The summed E-state index contributed by atoms with van der Waals surface area (Å²) in [4.78, 5) is -1.04. The average molecular weight is 331 g/mol. The Balaban J connectivity index is 2.81. The molecule has 1 N–H and O–H groups in total. The van der Waals surface area contributed by atoms with Gasteiger partial charge in [-0.25, -0.2) is 17.6 Å². The van der Waals surface area contributed by atoms with Crippen molar-refractivity contribution in [2.75, 3.05) is 0 Å². The Bertz CT molecular complexity index is 745. The zero-order valence-corrected chi connectivity index (χ0v) is 10.8. The van der Waals surface area contributed by atoms with E-state index in [0.29, 0.717) is 0 Å². The van der Waals surface area contributed by atoms with Gasteiger partial charge in [-0.2, -0.15) is 17.9 Å². The Labute approximate surface area is 115 Å². The summed E-state index contributed by atoms with van der Waals surface area (Å²) in [7, 11) is 0. The third-order valence-corrected chi connectivity index (χ3v) is 3.36. The number of rotatable bonds is 1. The highest BCUT2D eigenvalue weighted by atomic mass is 32.1. The lowest BCUT2D eigenvalue weighted by atomic mass is 10.1. The Morgan fingerprint density at radius 1 is 1.00 bits per heavy atom. The predicted octanol–water partition coefficient (Wildman–Crippen LogP) is 3.30. The smallest absolute Gasteiger partial charge is 0.273 e. The molecule has 1 heterocycles. The highest BCUT2D eigenvalue weighted by Gasteiger charge is 2.37. The van der Waals surface area contributed by atoms with Crippen LogP contribution >= 0.6 is 11.3 Å². The van der Waals surface area contributed by atoms with Gasteiger partial charge in [0.25, 0.3) is 0 Å². The first-order chi connectivity index (χ1) is 9.55. The maximum Gasteiger partial charge on any atom is 0.445 e. The van der Waals surface area contributed by atoms with Crippen molar-refractivity contribution >= 4 is 11.3 Å². The Kier molecular flexibility index (Phi) is 3.56. The van der Waals surface area contributed by atoms with Crippen molar-refractivity contribution in [2.24, 2.45) is 0 Å². The lowest BCUT2D eigenvalue weighted by Gasteiger charge is -2.09. The lowest BCUT2D eigenvalue weighted by Crippen LogP contribution is -2.19. The molecule has 0 aliphatic rings. The monoisotopic (exact) mass is 331 g/mol. The summed E-state index contributed by atoms with van der Waals surface area (Å²) in [6.07, 6.45) is -4.96. The number of halogens is 7. The van der Waals surface area contributed by atoms with Gasteiger partial charge in [-0.1, -0.05) is 11.3 Å². The zero-order valence-electron chi connectivity index (χ0n) is 9.95. The molecule has 0 spiro atoms. The fraction of sp³-hybridized carbons (Fsp3) is 0.200. The summed E-state index contributed by atoms with van der Waals surface area (Å²) in [5.74, 6) is -7.39. The van der Waals surface area contributed by atoms with Crippen LogP contribution in [0.25, 0.3) is 5.69 Å². The number of aromatic nitrogens is 2. The van der Waals surface area contributed by atoms with Gasteiger partial charge in [-0.15, -0.1) is 5.10 Å². The van der Waals surface area contributed by atoms with Crippen LogP contribution < -0.4 is 4.80 Å². The van der Waals surface area contributed by atoms with Gasteiger partial charge < -0.3 is 0 Å². The summed E-state index contributed by atoms with van der Waals surface area (Å²) in [6, 6.07) is 0. The van der Waals surface area contributed by atoms with E-state index in [-0.39, 0.29) is 16.0 Å². The normalized spacial score (nSPS) is 12.0. The van der Waals surface area contributed by atoms with E-state index in [2.05, 4.69) is 5.10 Å². The molecule has 0 atom stereocenters. The summed E-state index contributed by atoms with van der Waals surface area (Å²) < 4.78 is 91.3. The highest BCUT2D eigenvalue weighted by Crippen LogP contribution is 2.31. The molecule has 2 rings (SSSR count). The maximum absolute atomic E-state index is 13.7. The van der Waals surface area contributed by atoms with Gasteiger partial charge in [0, 0.05) is 5.56 Å². The summed E-state index contributed by atoms with van der Waals surface area (Å²) in [6.45, 7) is 0.759. The first-order valence-electron chi connectivity index (χ1n) is 5.10. The van der Waals surface area contributed by atoms with Gasteiger partial charge in [0.2, 0.25) is 9.81 Å². The first kappa shape index (κ1) is 15.5. The zero-order chi connectivity index (χ0) is 16.1. The van der Waals surface area contributed by atoms with Gasteiger partial charge in [0.1, 0.15) is 5.69 Å². The van der Waals surface area contributed by atoms with Crippen LogP contribution in [0.1, 0.15) is 10.6 Å². The second-order valence-electron chi connectivity index (χ2n) is 3.85. The summed E-state index contributed by atoms with van der Waals surface area (Å²) in [5, 5.41) is 8.46. The third-order valence-electron chi connectivity index (χ3n) is 2.49. The molecule has 0 aliphatic heterocycles. The van der Waals surface area contributed by atoms with Crippen molar-refractivity contribution in [3.05, 3.63) is 38.6 Å². The minimum absolute atomic E-state index is 0.135. The van der Waals surface area contributed by atoms with E-state index >= 15 is 0 Å². The van der Waals surface area contributed by atoms with Crippen molar-refractivity contribution in [1.82, 2.24) is 9.78 Å². The number of nitrogens with one attached hydrogen (secondary N) is 1. The molecule has 3 nitrogen and oxygen atoms in total. The Morgan fingerprint density at radius 2 is 1.48 bits per heavy atom. The van der Waals surface area contributed by atoms with Crippen molar-refractivity contribution < 1.29 is 30.7 Å². The van der Waals surface area contributed by atoms with Crippen molar-refractivity contribution in [3.8, 4) is 5.69 Å². The average Bonchev–Trinajstić information content (AvgIpc) is 2.77. The molecule has 0 unspecified atom stereocenters. The molecule has 11 heteroatoms. The van der Waals surface area contributed by atoms with Crippen molar-refractivity contribution in [1.29, 1.82) is 5.41 Å². The van der Waals surface area contributed by atoms with Crippen LogP contribution in [-0.2, 0) is 6.18 Å². The van der Waals surface area contributed by atoms with Gasteiger partial charge in [0.15, 0.2) is 23.3 Å². The number of nitrogens with zero attached hydrogens (tertiary/aromatic N) is 2. The molecule has 2 aromatic rings. The highest BCUT2D eigenvalue weighted by molar-refractivity contribution is 7.08. The van der Waals surface area contributed by atoms with Gasteiger partial charge in [-0.05, 0) is 6.92 Å². The largest absolute Gasteiger partial charge is 0.445 e. The molecule has 0 saturated carbocycles. The van der Waals surface area contributed by atoms with Crippen LogP contribution in [0, 0.1) is 35.6 Å². The van der Waals surface area contributed by atoms with Gasteiger partial charge in [-0.3, -0.25) is 5.41 Å². The summed E-state index contributed by atoms with van der Waals surface area (Å²) in [5.41, 5.74) is -2.47. The molecule has 0 fully saturated rings. The Morgan fingerprint density at radius 3 is 1.86 bits per heavy atom. The summed E-state index contributed by atoms with van der Waals surface area (Å²) >= 11 is -0.235. The number of hydrogen-bond acceptors (Lipinski definition) is 3. The number of benzene rings is 1. The molecule has 0 amide bonds. The quantitative estimate of drug-likeness (QED) is 0.632.